The van der Waals surface area contributed by atoms with Gasteiger partial charge in [0.2, 0.25) is 0 Å². The van der Waals surface area contributed by atoms with E-state index in [2.05, 4.69) is 17.4 Å². The Morgan fingerprint density at radius 3 is 2.53 bits per heavy atom. The van der Waals surface area contributed by atoms with Gasteiger partial charge in [-0.05, 0) is 30.3 Å². The molecule has 0 aromatic heterocycles. The number of nitrogens with zero attached hydrogens (tertiary/aromatic N) is 1. The van der Waals surface area contributed by atoms with Gasteiger partial charge in [-0.1, -0.05) is 24.3 Å². The smallest absolute Gasteiger partial charge is 0.413 e. The fourth-order valence-corrected chi connectivity index (χ4v) is 2.02. The van der Waals surface area contributed by atoms with Gasteiger partial charge in [0, 0.05) is 13.1 Å². The molecule has 1 amide bonds. The van der Waals surface area contributed by atoms with E-state index >= 15 is 0 Å². The van der Waals surface area contributed by atoms with Crippen molar-refractivity contribution in [1.29, 1.82) is 0 Å². The molecule has 1 aliphatic rings. The molecule has 0 fully saturated rings. The first-order chi connectivity index (χ1) is 8.20. The van der Waals surface area contributed by atoms with Crippen LogP contribution in [0, 0.1) is 0 Å². The summed E-state index contributed by atoms with van der Waals surface area (Å²) < 4.78 is 4.78. The van der Waals surface area contributed by atoms with E-state index in [1.54, 1.807) is 6.92 Å². The zero-order valence-corrected chi connectivity index (χ0v) is 10.4. The Hall–Kier alpha value is -1.62. The van der Waals surface area contributed by atoms with Crippen molar-refractivity contribution in [3.63, 3.8) is 0 Å². The summed E-state index contributed by atoms with van der Waals surface area (Å²) in [7, 11) is 0. The Morgan fingerprint density at radius 1 is 1.41 bits per heavy atom. The second kappa shape index (κ2) is 5.14. The largest absolute Gasteiger partial charge is 0.450 e. The summed E-state index contributed by atoms with van der Waals surface area (Å²) >= 11 is 5.17. The van der Waals surface area contributed by atoms with Crippen molar-refractivity contribution < 1.29 is 9.53 Å². The molecule has 0 bridgehead atoms. The number of nitrogens with one attached hydrogen (secondary N) is 1. The molecule has 4 nitrogen and oxygen atoms in total. The normalized spacial score (nSPS) is 13.1. The van der Waals surface area contributed by atoms with E-state index in [1.165, 1.54) is 11.1 Å². The number of rotatable bonds is 1. The zero-order valence-electron chi connectivity index (χ0n) is 9.60. The second-order valence-corrected chi connectivity index (χ2v) is 4.16. The van der Waals surface area contributed by atoms with Gasteiger partial charge >= 0.3 is 6.09 Å². The number of ether oxygens (including phenoxy) is 1. The lowest BCUT2D eigenvalue weighted by molar-refractivity contribution is 0.156. The third kappa shape index (κ3) is 2.74. The predicted octanol–water partition coefficient (Wildman–Crippen LogP) is 2.03. The SMILES string of the molecule is CCOC(=O)NC(=S)N1Cc2ccccc2C1. The van der Waals surface area contributed by atoms with Crippen LogP contribution < -0.4 is 5.32 Å². The van der Waals surface area contributed by atoms with Crippen molar-refractivity contribution in [2.24, 2.45) is 0 Å². The maximum absolute atomic E-state index is 11.2. The third-order valence-corrected chi connectivity index (χ3v) is 2.97. The molecule has 1 N–H and O–H groups in total. The highest BCUT2D eigenvalue weighted by Crippen LogP contribution is 2.21. The van der Waals surface area contributed by atoms with Gasteiger partial charge in [-0.3, -0.25) is 5.32 Å². The Morgan fingerprint density at radius 2 is 2.00 bits per heavy atom. The van der Waals surface area contributed by atoms with Gasteiger partial charge in [0.15, 0.2) is 5.11 Å². The molecule has 0 unspecified atom stereocenters. The number of carbonyl (C=O) groups excluding carboxylic acids is 1. The van der Waals surface area contributed by atoms with Crippen LogP contribution in [-0.4, -0.2) is 22.7 Å². The number of hydrogen-bond acceptors (Lipinski definition) is 3. The fraction of sp³-hybridized carbons (Fsp3) is 0.333. The molecule has 1 aromatic rings. The molecule has 1 heterocycles. The first-order valence-electron chi connectivity index (χ1n) is 5.50. The molecule has 90 valence electrons. The topological polar surface area (TPSA) is 41.6 Å². The molecule has 0 aliphatic carbocycles. The van der Waals surface area contributed by atoms with Crippen molar-refractivity contribution >= 4 is 23.4 Å². The third-order valence-electron chi connectivity index (χ3n) is 2.61. The number of amides is 1. The number of thiocarbonyl (C=S) groups is 1. The van der Waals surface area contributed by atoms with E-state index in [-0.39, 0.29) is 0 Å². The minimum atomic E-state index is -0.492. The molecule has 5 heteroatoms. The van der Waals surface area contributed by atoms with Crippen LogP contribution in [0.3, 0.4) is 0 Å². The van der Waals surface area contributed by atoms with Crippen LogP contribution in [0.25, 0.3) is 0 Å². The molecule has 0 spiro atoms. The number of carbonyl (C=O) groups is 1. The van der Waals surface area contributed by atoms with Crippen LogP contribution in [0.1, 0.15) is 18.1 Å². The minimum absolute atomic E-state index is 0.342. The maximum Gasteiger partial charge on any atom is 0.413 e. The van der Waals surface area contributed by atoms with Crippen molar-refractivity contribution in [2.75, 3.05) is 6.61 Å². The summed E-state index contributed by atoms with van der Waals surface area (Å²) in [6.07, 6.45) is -0.492. The molecule has 17 heavy (non-hydrogen) atoms. The van der Waals surface area contributed by atoms with E-state index in [1.807, 2.05) is 17.0 Å². The predicted molar refractivity (Wildman–Crippen MR) is 68.4 cm³/mol. The summed E-state index contributed by atoms with van der Waals surface area (Å²) in [5.74, 6) is 0. The maximum atomic E-state index is 11.2. The molecular formula is C12H14N2O2S. The summed E-state index contributed by atoms with van der Waals surface area (Å²) in [6.45, 7) is 3.58. The van der Waals surface area contributed by atoms with E-state index in [0.29, 0.717) is 11.7 Å². The Labute approximate surface area is 106 Å². The highest BCUT2D eigenvalue weighted by atomic mass is 32.1. The highest BCUT2D eigenvalue weighted by Gasteiger charge is 2.21. The van der Waals surface area contributed by atoms with Crippen LogP contribution in [0.2, 0.25) is 0 Å². The Bertz CT molecular complexity index is 423. The molecule has 0 radical (unpaired) electrons. The van der Waals surface area contributed by atoms with Crippen molar-refractivity contribution in [3.8, 4) is 0 Å². The molecule has 0 saturated carbocycles. The van der Waals surface area contributed by atoms with Gasteiger partial charge in [-0.2, -0.15) is 0 Å². The van der Waals surface area contributed by atoms with Gasteiger partial charge in [0.25, 0.3) is 0 Å². The van der Waals surface area contributed by atoms with Crippen molar-refractivity contribution in [1.82, 2.24) is 10.2 Å². The average Bonchev–Trinajstić information content (AvgIpc) is 2.72. The number of hydrogen-bond donors (Lipinski definition) is 1. The van der Waals surface area contributed by atoms with E-state index in [0.717, 1.165) is 13.1 Å². The fourth-order valence-electron chi connectivity index (χ4n) is 1.81. The van der Waals surface area contributed by atoms with Gasteiger partial charge < -0.3 is 9.64 Å². The molecule has 0 saturated heterocycles. The standard InChI is InChI=1S/C12H14N2O2S/c1-2-16-12(15)13-11(17)14-7-9-5-3-4-6-10(9)8-14/h3-6H,2,7-8H2,1H3,(H,13,15,17). The number of alkyl carbamates (subject to hydrolysis) is 1. The first kappa shape index (κ1) is 11.9. The Balaban J connectivity index is 1.94. The van der Waals surface area contributed by atoms with Gasteiger partial charge in [0.05, 0.1) is 6.61 Å². The van der Waals surface area contributed by atoms with Crippen LogP contribution in [0.15, 0.2) is 24.3 Å². The van der Waals surface area contributed by atoms with Crippen LogP contribution >= 0.6 is 12.2 Å². The van der Waals surface area contributed by atoms with Crippen LogP contribution in [0.4, 0.5) is 4.79 Å². The summed E-state index contributed by atoms with van der Waals surface area (Å²) in [6, 6.07) is 8.15. The minimum Gasteiger partial charge on any atom is -0.450 e. The average molecular weight is 250 g/mol. The molecule has 1 aliphatic heterocycles. The van der Waals surface area contributed by atoms with E-state index in [9.17, 15) is 4.79 Å². The van der Waals surface area contributed by atoms with Crippen molar-refractivity contribution in [3.05, 3.63) is 35.4 Å². The lowest BCUT2D eigenvalue weighted by Gasteiger charge is -2.18. The lowest BCUT2D eigenvalue weighted by Crippen LogP contribution is -2.40. The van der Waals surface area contributed by atoms with E-state index in [4.69, 9.17) is 17.0 Å². The van der Waals surface area contributed by atoms with Crippen molar-refractivity contribution in [2.45, 2.75) is 20.0 Å². The monoisotopic (exact) mass is 250 g/mol. The summed E-state index contributed by atoms with van der Waals surface area (Å²) in [5, 5.41) is 2.97. The number of fused-ring (bicyclic) bond motifs is 1. The van der Waals surface area contributed by atoms with Crippen LogP contribution in [0.5, 0.6) is 0 Å². The Kier molecular flexibility index (Phi) is 3.58. The molecular weight excluding hydrogens is 236 g/mol. The van der Waals surface area contributed by atoms with E-state index < -0.39 is 6.09 Å². The highest BCUT2D eigenvalue weighted by molar-refractivity contribution is 7.80. The second-order valence-electron chi connectivity index (χ2n) is 3.78. The van der Waals surface area contributed by atoms with Gasteiger partial charge in [-0.15, -0.1) is 0 Å². The molecule has 2 rings (SSSR count). The van der Waals surface area contributed by atoms with Gasteiger partial charge in [-0.25, -0.2) is 4.79 Å². The first-order valence-corrected chi connectivity index (χ1v) is 5.91. The van der Waals surface area contributed by atoms with Crippen LogP contribution in [-0.2, 0) is 17.8 Å². The summed E-state index contributed by atoms with van der Waals surface area (Å²) in [4.78, 5) is 13.2. The summed E-state index contributed by atoms with van der Waals surface area (Å²) in [5.41, 5.74) is 2.50. The van der Waals surface area contributed by atoms with Gasteiger partial charge in [0.1, 0.15) is 0 Å². The number of benzene rings is 1. The zero-order chi connectivity index (χ0) is 12.3. The quantitative estimate of drug-likeness (QED) is 0.774. The lowest BCUT2D eigenvalue weighted by atomic mass is 10.1. The molecule has 0 atom stereocenters. The molecule has 1 aromatic carbocycles.